The molecule has 0 bridgehead atoms. The van der Waals surface area contributed by atoms with Gasteiger partial charge in [-0.25, -0.2) is 9.78 Å². The third-order valence-corrected chi connectivity index (χ3v) is 6.37. The lowest BCUT2D eigenvalue weighted by molar-refractivity contribution is 0.0119. The Labute approximate surface area is 171 Å². The predicted octanol–water partition coefficient (Wildman–Crippen LogP) is 3.20. The zero-order valence-electron chi connectivity index (χ0n) is 16.0. The van der Waals surface area contributed by atoms with E-state index >= 15 is 0 Å². The summed E-state index contributed by atoms with van der Waals surface area (Å²) in [4.78, 5) is 22.1. The molecule has 1 aliphatic heterocycles. The van der Waals surface area contributed by atoms with Crippen molar-refractivity contribution in [2.45, 2.75) is 32.4 Å². The highest BCUT2D eigenvalue weighted by molar-refractivity contribution is 7.17. The first-order chi connectivity index (χ1) is 13.3. The Morgan fingerprint density at radius 3 is 2.64 bits per heavy atom. The second-order valence-corrected chi connectivity index (χ2v) is 9.50. The maximum absolute atomic E-state index is 12.4. The van der Waals surface area contributed by atoms with Gasteiger partial charge in [0.1, 0.15) is 11.9 Å². The Kier molecular flexibility index (Phi) is 5.02. The van der Waals surface area contributed by atoms with Crippen LogP contribution >= 0.6 is 22.7 Å². The number of ether oxygens (including phenoxy) is 1. The zero-order valence-corrected chi connectivity index (χ0v) is 17.7. The molecular weight excluding hydrogens is 398 g/mol. The predicted molar refractivity (Wildman–Crippen MR) is 108 cm³/mol. The summed E-state index contributed by atoms with van der Waals surface area (Å²) in [5.41, 5.74) is 0.619. The summed E-state index contributed by atoms with van der Waals surface area (Å²) in [6, 6.07) is 1.98. The summed E-state index contributed by atoms with van der Waals surface area (Å²) in [6.07, 6.45) is 1.16. The smallest absolute Gasteiger partial charge is 0.410 e. The molecular formula is C18H23N5O3S2. The highest BCUT2D eigenvalue weighted by Crippen LogP contribution is 2.40. The van der Waals surface area contributed by atoms with E-state index in [9.17, 15) is 9.90 Å². The number of thiophene rings is 1. The lowest BCUT2D eigenvalue weighted by atomic mass is 10.1. The summed E-state index contributed by atoms with van der Waals surface area (Å²) < 4.78 is 6.96. The van der Waals surface area contributed by atoms with Crippen LogP contribution < -0.4 is 0 Å². The molecule has 0 saturated carbocycles. The van der Waals surface area contributed by atoms with Crippen molar-refractivity contribution in [1.82, 2.24) is 24.4 Å². The third kappa shape index (κ3) is 3.71. The highest BCUT2D eigenvalue weighted by Gasteiger charge is 2.33. The molecule has 0 aromatic carbocycles. The molecule has 1 atom stereocenters. The van der Waals surface area contributed by atoms with E-state index in [4.69, 9.17) is 4.74 Å². The number of fused-ring (bicyclic) bond motifs is 1. The van der Waals surface area contributed by atoms with E-state index < -0.39 is 5.60 Å². The van der Waals surface area contributed by atoms with E-state index in [0.29, 0.717) is 31.1 Å². The number of carbonyl (C=O) groups is 1. The molecule has 0 radical (unpaired) electrons. The molecule has 0 unspecified atom stereocenters. The first kappa shape index (κ1) is 19.2. The van der Waals surface area contributed by atoms with Crippen molar-refractivity contribution in [2.75, 3.05) is 26.2 Å². The Morgan fingerprint density at radius 2 is 2.04 bits per heavy atom. The quantitative estimate of drug-likeness (QED) is 0.699. The van der Waals surface area contributed by atoms with E-state index in [0.717, 1.165) is 10.4 Å². The van der Waals surface area contributed by atoms with Gasteiger partial charge in [0.25, 0.3) is 0 Å². The molecule has 1 N–H and O–H groups in total. The van der Waals surface area contributed by atoms with Gasteiger partial charge < -0.3 is 14.7 Å². The minimum absolute atomic E-state index is 0.0967. The van der Waals surface area contributed by atoms with E-state index in [1.165, 1.54) is 22.2 Å². The van der Waals surface area contributed by atoms with E-state index in [1.807, 2.05) is 26.2 Å². The lowest BCUT2D eigenvalue weighted by Gasteiger charge is -2.39. The number of piperazine rings is 1. The molecule has 10 heteroatoms. The van der Waals surface area contributed by atoms with E-state index in [1.54, 1.807) is 16.2 Å². The summed E-state index contributed by atoms with van der Waals surface area (Å²) in [5, 5.41) is 18.9. The Balaban J connectivity index is 1.55. The lowest BCUT2D eigenvalue weighted by Crippen LogP contribution is -2.50. The number of rotatable bonds is 3. The monoisotopic (exact) mass is 421 g/mol. The van der Waals surface area contributed by atoms with Crippen LogP contribution in [-0.4, -0.2) is 67.4 Å². The molecule has 1 fully saturated rings. The Bertz CT molecular complexity index is 952. The minimum Gasteiger partial charge on any atom is -0.492 e. The average Bonchev–Trinajstić information content (AvgIpc) is 3.36. The van der Waals surface area contributed by atoms with Gasteiger partial charge in [-0.2, -0.15) is 21.0 Å². The van der Waals surface area contributed by atoms with E-state index in [2.05, 4.69) is 26.4 Å². The van der Waals surface area contributed by atoms with Crippen LogP contribution in [0.2, 0.25) is 0 Å². The molecule has 1 amide bonds. The zero-order chi connectivity index (χ0) is 19.9. The SMILES string of the molecule is CC(C)(C)OC(=O)N1CCN([C@H](c2ccsc2)c2sc3ncnn3c2O)CC1. The normalized spacial score (nSPS) is 17.2. The van der Waals surface area contributed by atoms with Crippen LogP contribution in [-0.2, 0) is 4.74 Å². The molecule has 1 aliphatic rings. The molecule has 4 rings (SSSR count). The van der Waals surface area contributed by atoms with Crippen LogP contribution in [0.4, 0.5) is 4.79 Å². The topological polar surface area (TPSA) is 83.2 Å². The number of nitrogens with zero attached hydrogens (tertiary/aromatic N) is 5. The molecule has 28 heavy (non-hydrogen) atoms. The maximum Gasteiger partial charge on any atom is 0.410 e. The second-order valence-electron chi connectivity index (χ2n) is 7.71. The molecule has 4 heterocycles. The van der Waals surface area contributed by atoms with Crippen LogP contribution in [0.1, 0.15) is 37.3 Å². The maximum atomic E-state index is 12.4. The number of hydrogen-bond donors (Lipinski definition) is 1. The first-order valence-corrected chi connectivity index (χ1v) is 10.8. The summed E-state index contributed by atoms with van der Waals surface area (Å²) in [5.74, 6) is 0.128. The van der Waals surface area contributed by atoms with Crippen molar-refractivity contribution in [3.63, 3.8) is 0 Å². The minimum atomic E-state index is -0.502. The van der Waals surface area contributed by atoms with Crippen LogP contribution in [0.5, 0.6) is 5.88 Å². The van der Waals surface area contributed by atoms with Gasteiger partial charge in [-0.3, -0.25) is 4.90 Å². The van der Waals surface area contributed by atoms with Gasteiger partial charge in [-0.1, -0.05) is 11.3 Å². The molecule has 0 spiro atoms. The fourth-order valence-corrected chi connectivity index (χ4v) is 5.09. The van der Waals surface area contributed by atoms with Gasteiger partial charge in [0.15, 0.2) is 0 Å². The summed E-state index contributed by atoms with van der Waals surface area (Å²) in [7, 11) is 0. The molecule has 1 saturated heterocycles. The van der Waals surface area contributed by atoms with Gasteiger partial charge in [0.05, 0.1) is 10.9 Å². The highest BCUT2D eigenvalue weighted by atomic mass is 32.1. The number of aromatic nitrogens is 3. The molecule has 8 nitrogen and oxygen atoms in total. The van der Waals surface area contributed by atoms with Crippen molar-refractivity contribution in [3.05, 3.63) is 33.6 Å². The van der Waals surface area contributed by atoms with Gasteiger partial charge in [0.2, 0.25) is 10.8 Å². The number of amides is 1. The number of aromatic hydroxyl groups is 1. The largest absolute Gasteiger partial charge is 0.492 e. The number of thiazole rings is 1. The fraction of sp³-hybridized carbons (Fsp3) is 0.500. The van der Waals surface area contributed by atoms with Crippen molar-refractivity contribution in [2.24, 2.45) is 0 Å². The van der Waals surface area contributed by atoms with Crippen molar-refractivity contribution in [1.29, 1.82) is 0 Å². The molecule has 0 aliphatic carbocycles. The molecule has 3 aromatic rings. The van der Waals surface area contributed by atoms with Crippen LogP contribution in [0.15, 0.2) is 23.2 Å². The van der Waals surface area contributed by atoms with Gasteiger partial charge in [-0.15, -0.1) is 0 Å². The van der Waals surface area contributed by atoms with E-state index in [-0.39, 0.29) is 18.0 Å². The van der Waals surface area contributed by atoms with Gasteiger partial charge >= 0.3 is 6.09 Å². The van der Waals surface area contributed by atoms with Crippen molar-refractivity contribution < 1.29 is 14.6 Å². The summed E-state index contributed by atoms with van der Waals surface area (Å²) >= 11 is 3.07. The van der Waals surface area contributed by atoms with Crippen LogP contribution in [0.25, 0.3) is 4.96 Å². The summed E-state index contributed by atoms with van der Waals surface area (Å²) in [6.45, 7) is 8.15. The average molecular weight is 422 g/mol. The molecule has 3 aromatic heterocycles. The number of carbonyl (C=O) groups excluding carboxylic acids is 1. The Hall–Kier alpha value is -2.17. The van der Waals surface area contributed by atoms with Crippen molar-refractivity contribution in [3.8, 4) is 5.88 Å². The standard InChI is InChI=1S/C18H23N5O3S2/c1-18(2,3)26-17(25)22-7-5-21(6-8-22)13(12-4-9-27-10-12)14-15(24)23-16(28-14)19-11-20-23/h4,9-11,13,24H,5-8H2,1-3H3/t13-/m1/s1. The van der Waals surface area contributed by atoms with Crippen LogP contribution in [0.3, 0.4) is 0 Å². The first-order valence-electron chi connectivity index (χ1n) is 9.09. The van der Waals surface area contributed by atoms with Crippen molar-refractivity contribution >= 4 is 33.7 Å². The number of hydrogen-bond acceptors (Lipinski definition) is 8. The third-order valence-electron chi connectivity index (χ3n) is 4.58. The molecule has 150 valence electrons. The van der Waals surface area contributed by atoms with Gasteiger partial charge in [0, 0.05) is 26.2 Å². The Morgan fingerprint density at radius 1 is 1.29 bits per heavy atom. The van der Waals surface area contributed by atoms with Crippen LogP contribution in [0, 0.1) is 0 Å². The fourth-order valence-electron chi connectivity index (χ4n) is 3.32. The van der Waals surface area contributed by atoms with Gasteiger partial charge in [-0.05, 0) is 43.2 Å². The second kappa shape index (κ2) is 7.34.